The Kier molecular flexibility index (Phi) is 6.45. The molecule has 34 heavy (non-hydrogen) atoms. The first-order valence-corrected chi connectivity index (χ1v) is 12.0. The summed E-state index contributed by atoms with van der Waals surface area (Å²) in [5.41, 5.74) is 10.6. The second-order valence-corrected chi connectivity index (χ2v) is 9.29. The molecule has 1 aromatic heterocycles. The van der Waals surface area contributed by atoms with Crippen molar-refractivity contribution >= 4 is 17.4 Å². The molecule has 3 aromatic rings. The summed E-state index contributed by atoms with van der Waals surface area (Å²) in [5.74, 6) is 1.31. The lowest BCUT2D eigenvalue weighted by Gasteiger charge is -2.30. The van der Waals surface area contributed by atoms with Crippen LogP contribution in [0, 0.1) is 0 Å². The number of piperidine rings is 1. The monoisotopic (exact) mass is 457 g/mol. The van der Waals surface area contributed by atoms with Crippen LogP contribution >= 0.6 is 0 Å². The van der Waals surface area contributed by atoms with Crippen LogP contribution in [-0.4, -0.2) is 53.4 Å². The van der Waals surface area contributed by atoms with E-state index in [4.69, 9.17) is 10.5 Å². The van der Waals surface area contributed by atoms with Crippen LogP contribution in [0.2, 0.25) is 0 Å². The minimum atomic E-state index is 0.111. The lowest BCUT2D eigenvalue weighted by molar-refractivity contribution is 0.0992. The van der Waals surface area contributed by atoms with Crippen molar-refractivity contribution < 1.29 is 9.53 Å². The number of hydrogen-bond acceptors (Lipinski definition) is 7. The van der Waals surface area contributed by atoms with Crippen molar-refractivity contribution in [2.75, 3.05) is 37.3 Å². The van der Waals surface area contributed by atoms with E-state index in [1.54, 1.807) is 6.20 Å². The van der Waals surface area contributed by atoms with Gasteiger partial charge in [-0.25, -0.2) is 9.97 Å². The number of aromatic nitrogens is 2. The van der Waals surface area contributed by atoms with E-state index < -0.39 is 0 Å². The maximum Gasteiger partial charge on any atom is 0.220 e. The average Bonchev–Trinajstić information content (AvgIpc) is 2.86. The molecular weight excluding hydrogens is 426 g/mol. The van der Waals surface area contributed by atoms with Gasteiger partial charge in [-0.1, -0.05) is 24.3 Å². The molecule has 0 radical (unpaired) electrons. The normalized spacial score (nSPS) is 16.8. The Morgan fingerprint density at radius 1 is 1.12 bits per heavy atom. The second kappa shape index (κ2) is 9.81. The molecule has 0 unspecified atom stereocenters. The van der Waals surface area contributed by atoms with Crippen molar-refractivity contribution in [2.45, 2.75) is 38.3 Å². The number of Topliss-reactive ketones (excluding diaryl/α,β-unsaturated/α-hetero) is 1. The van der Waals surface area contributed by atoms with E-state index >= 15 is 0 Å². The lowest BCUT2D eigenvalue weighted by atomic mass is 10.0. The Morgan fingerprint density at radius 2 is 1.91 bits per heavy atom. The quantitative estimate of drug-likeness (QED) is 0.567. The number of fused-ring (bicyclic) bond motifs is 1. The number of rotatable bonds is 6. The molecule has 0 amide bonds. The first-order chi connectivity index (χ1) is 16.5. The molecule has 176 valence electrons. The van der Waals surface area contributed by atoms with Gasteiger partial charge in [0.25, 0.3) is 0 Å². The van der Waals surface area contributed by atoms with Crippen molar-refractivity contribution in [1.29, 1.82) is 0 Å². The molecule has 7 nitrogen and oxygen atoms in total. The number of anilines is 2. The van der Waals surface area contributed by atoms with Gasteiger partial charge in [-0.15, -0.1) is 0 Å². The van der Waals surface area contributed by atoms with Crippen LogP contribution in [0.1, 0.15) is 40.0 Å². The highest BCUT2D eigenvalue weighted by Crippen LogP contribution is 2.25. The van der Waals surface area contributed by atoms with Crippen molar-refractivity contribution in [3.05, 3.63) is 77.1 Å². The molecule has 1 saturated heterocycles. The van der Waals surface area contributed by atoms with Crippen molar-refractivity contribution in [3.8, 4) is 5.75 Å². The fourth-order valence-corrected chi connectivity index (χ4v) is 4.70. The average molecular weight is 458 g/mol. The van der Waals surface area contributed by atoms with Gasteiger partial charge >= 0.3 is 0 Å². The third-order valence-electron chi connectivity index (χ3n) is 6.74. The highest BCUT2D eigenvalue weighted by atomic mass is 16.5. The van der Waals surface area contributed by atoms with Gasteiger partial charge < -0.3 is 20.3 Å². The zero-order chi connectivity index (χ0) is 23.5. The highest BCUT2D eigenvalue weighted by molar-refractivity contribution is 5.98. The molecule has 0 saturated carbocycles. The van der Waals surface area contributed by atoms with Crippen LogP contribution in [0.5, 0.6) is 5.75 Å². The molecule has 5 rings (SSSR count). The fraction of sp³-hybridized carbons (Fsp3) is 0.370. The molecular formula is C27H31N5O2. The standard InChI is InChI=1S/C27H31N5O2/c1-31-12-9-24(10-13-31)34-23-7-5-19(6-8-23)15-26(33)20-3-2-4-22(16-20)32-14-11-25-21(18-32)17-29-27(28)30-25/h2-8,16-17,24H,9-15,18H2,1H3,(H2,28,29,30). The molecule has 0 bridgehead atoms. The predicted octanol–water partition coefficient (Wildman–Crippen LogP) is 3.52. The minimum absolute atomic E-state index is 0.111. The molecule has 2 aromatic carbocycles. The van der Waals surface area contributed by atoms with E-state index in [-0.39, 0.29) is 11.9 Å². The molecule has 2 aliphatic heterocycles. The predicted molar refractivity (Wildman–Crippen MR) is 133 cm³/mol. The Morgan fingerprint density at radius 3 is 2.71 bits per heavy atom. The molecule has 2 N–H and O–H groups in total. The van der Waals surface area contributed by atoms with Gasteiger partial charge in [-0.05, 0) is 49.7 Å². The zero-order valence-corrected chi connectivity index (χ0v) is 19.6. The second-order valence-electron chi connectivity index (χ2n) is 9.29. The van der Waals surface area contributed by atoms with Crippen LogP contribution in [0.15, 0.2) is 54.7 Å². The number of carbonyl (C=O) groups is 1. The number of benzene rings is 2. The first-order valence-electron chi connectivity index (χ1n) is 12.0. The number of likely N-dealkylation sites (tertiary alicyclic amines) is 1. The van der Waals surface area contributed by atoms with Crippen LogP contribution in [0.3, 0.4) is 0 Å². The summed E-state index contributed by atoms with van der Waals surface area (Å²) >= 11 is 0. The molecule has 0 aliphatic carbocycles. The van der Waals surface area contributed by atoms with Gasteiger partial charge in [-0.3, -0.25) is 4.79 Å². The van der Waals surface area contributed by atoms with Crippen LogP contribution in [-0.2, 0) is 19.4 Å². The van der Waals surface area contributed by atoms with E-state index in [9.17, 15) is 4.79 Å². The number of nitrogen functional groups attached to an aromatic ring is 1. The first kappa shape index (κ1) is 22.3. The number of ether oxygens (including phenoxy) is 1. The van der Waals surface area contributed by atoms with E-state index in [0.717, 1.165) is 72.7 Å². The third kappa shape index (κ3) is 5.20. The molecule has 1 fully saturated rings. The Balaban J connectivity index is 1.21. The minimum Gasteiger partial charge on any atom is -0.490 e. The maximum atomic E-state index is 13.0. The summed E-state index contributed by atoms with van der Waals surface area (Å²) in [6.07, 6.45) is 5.36. The lowest BCUT2D eigenvalue weighted by Crippen LogP contribution is -2.35. The summed E-state index contributed by atoms with van der Waals surface area (Å²) in [5, 5.41) is 0. The van der Waals surface area contributed by atoms with Crippen LogP contribution in [0.25, 0.3) is 0 Å². The summed E-state index contributed by atoms with van der Waals surface area (Å²) in [6.45, 7) is 3.69. The largest absolute Gasteiger partial charge is 0.490 e. The van der Waals surface area contributed by atoms with Gasteiger partial charge in [0.2, 0.25) is 5.95 Å². The van der Waals surface area contributed by atoms with Crippen molar-refractivity contribution in [2.24, 2.45) is 0 Å². The highest BCUT2D eigenvalue weighted by Gasteiger charge is 2.20. The van der Waals surface area contributed by atoms with Crippen molar-refractivity contribution in [1.82, 2.24) is 14.9 Å². The zero-order valence-electron chi connectivity index (χ0n) is 19.6. The smallest absolute Gasteiger partial charge is 0.220 e. The van der Waals surface area contributed by atoms with E-state index in [1.165, 1.54) is 0 Å². The van der Waals surface area contributed by atoms with Gasteiger partial charge in [-0.2, -0.15) is 0 Å². The molecule has 2 aliphatic rings. The fourth-order valence-electron chi connectivity index (χ4n) is 4.70. The number of hydrogen-bond donors (Lipinski definition) is 1. The molecule has 3 heterocycles. The summed E-state index contributed by atoms with van der Waals surface area (Å²) in [4.78, 5) is 26.1. The number of carbonyl (C=O) groups excluding carboxylic acids is 1. The molecule has 7 heteroatoms. The Hall–Kier alpha value is -3.45. The van der Waals surface area contributed by atoms with Gasteiger partial charge in [0.1, 0.15) is 11.9 Å². The van der Waals surface area contributed by atoms with E-state index in [2.05, 4.69) is 32.9 Å². The summed E-state index contributed by atoms with van der Waals surface area (Å²) in [7, 11) is 2.15. The SMILES string of the molecule is CN1CCC(Oc2ccc(CC(=O)c3cccc(N4CCc5nc(N)ncc5C4)c3)cc2)CC1. The van der Waals surface area contributed by atoms with Crippen LogP contribution in [0.4, 0.5) is 11.6 Å². The maximum absolute atomic E-state index is 13.0. The van der Waals surface area contributed by atoms with Gasteiger partial charge in [0.15, 0.2) is 5.78 Å². The topological polar surface area (TPSA) is 84.6 Å². The van der Waals surface area contributed by atoms with Crippen LogP contribution < -0.4 is 15.4 Å². The summed E-state index contributed by atoms with van der Waals surface area (Å²) < 4.78 is 6.13. The number of nitrogens with two attached hydrogens (primary N) is 1. The van der Waals surface area contributed by atoms with Gasteiger partial charge in [0, 0.05) is 62.0 Å². The van der Waals surface area contributed by atoms with E-state index in [1.807, 2.05) is 42.5 Å². The summed E-state index contributed by atoms with van der Waals surface area (Å²) in [6, 6.07) is 15.9. The number of nitrogens with zero attached hydrogens (tertiary/aromatic N) is 4. The van der Waals surface area contributed by atoms with Crippen molar-refractivity contribution in [3.63, 3.8) is 0 Å². The van der Waals surface area contributed by atoms with E-state index in [0.29, 0.717) is 18.9 Å². The number of ketones is 1. The molecule has 0 spiro atoms. The third-order valence-corrected chi connectivity index (χ3v) is 6.74. The Labute approximate surface area is 200 Å². The Bertz CT molecular complexity index is 1160. The molecule has 0 atom stereocenters. The van der Waals surface area contributed by atoms with Gasteiger partial charge in [0.05, 0.1) is 5.69 Å².